The van der Waals surface area contributed by atoms with E-state index in [1.165, 1.54) is 50.3 Å². The highest BCUT2D eigenvalue weighted by Gasteiger charge is 2.16. The maximum Gasteiger partial charge on any atom is -0.0000326 e. The highest BCUT2D eigenvalue weighted by Crippen LogP contribution is 2.21. The normalized spacial score (nSPS) is 19.3. The van der Waals surface area contributed by atoms with E-state index in [1.54, 1.807) is 0 Å². The third kappa shape index (κ3) is 4.70. The highest BCUT2D eigenvalue weighted by atomic mass is 32.2. The largest absolute Gasteiger partial charge is 0.316 e. The van der Waals surface area contributed by atoms with Gasteiger partial charge in [-0.05, 0) is 42.9 Å². The summed E-state index contributed by atoms with van der Waals surface area (Å²) < 4.78 is 0. The van der Waals surface area contributed by atoms with Crippen molar-refractivity contribution < 1.29 is 0 Å². The minimum Gasteiger partial charge on any atom is -0.316 e. The van der Waals surface area contributed by atoms with E-state index < -0.39 is 0 Å². The van der Waals surface area contributed by atoms with Crippen LogP contribution in [0.2, 0.25) is 0 Å². The first-order chi connectivity index (χ1) is 6.86. The number of hydrogen-bond acceptors (Lipinski definition) is 2. The van der Waals surface area contributed by atoms with E-state index in [2.05, 4.69) is 30.9 Å². The first-order valence-corrected chi connectivity index (χ1v) is 7.30. The lowest BCUT2D eigenvalue weighted by atomic mass is 10.0. The standard InChI is InChI=1S/C12H25NS/c1-3-5-6-11(4-2)9-14-10-12-7-13-8-12/h11-13H,3-10H2,1-2H3. The first kappa shape index (κ1) is 12.4. The topological polar surface area (TPSA) is 12.0 Å². The molecule has 0 aromatic carbocycles. The SMILES string of the molecule is CCCCC(CC)CSCC1CNC1. The molecule has 0 aliphatic carbocycles. The minimum atomic E-state index is 0.976. The lowest BCUT2D eigenvalue weighted by molar-refractivity contribution is 0.384. The monoisotopic (exact) mass is 215 g/mol. The molecule has 1 aliphatic rings. The van der Waals surface area contributed by atoms with Crippen molar-refractivity contribution in [3.8, 4) is 0 Å². The fourth-order valence-corrected chi connectivity index (χ4v) is 3.21. The number of nitrogens with one attached hydrogen (secondary N) is 1. The van der Waals surface area contributed by atoms with Crippen LogP contribution in [0.25, 0.3) is 0 Å². The smallest absolute Gasteiger partial charge is 0.0000326 e. The molecule has 0 amide bonds. The summed E-state index contributed by atoms with van der Waals surface area (Å²) in [5.41, 5.74) is 0. The van der Waals surface area contributed by atoms with Gasteiger partial charge in [0.1, 0.15) is 0 Å². The van der Waals surface area contributed by atoms with Gasteiger partial charge in [-0.25, -0.2) is 0 Å². The molecule has 1 nitrogen and oxygen atoms in total. The molecule has 2 heteroatoms. The van der Waals surface area contributed by atoms with Crippen molar-refractivity contribution in [3.05, 3.63) is 0 Å². The summed E-state index contributed by atoms with van der Waals surface area (Å²) in [6.45, 7) is 7.16. The molecule has 84 valence electrons. The summed E-state index contributed by atoms with van der Waals surface area (Å²) in [4.78, 5) is 0. The van der Waals surface area contributed by atoms with Crippen LogP contribution in [0, 0.1) is 11.8 Å². The van der Waals surface area contributed by atoms with Gasteiger partial charge in [-0.2, -0.15) is 11.8 Å². The van der Waals surface area contributed by atoms with Gasteiger partial charge in [0.2, 0.25) is 0 Å². The van der Waals surface area contributed by atoms with E-state index in [9.17, 15) is 0 Å². The van der Waals surface area contributed by atoms with Crippen molar-refractivity contribution in [1.29, 1.82) is 0 Å². The molecular weight excluding hydrogens is 190 g/mol. The molecule has 0 aromatic rings. The van der Waals surface area contributed by atoms with Crippen LogP contribution in [0.5, 0.6) is 0 Å². The van der Waals surface area contributed by atoms with E-state index in [1.807, 2.05) is 0 Å². The Hall–Kier alpha value is 0.310. The number of rotatable bonds is 8. The second-order valence-electron chi connectivity index (χ2n) is 4.48. The lowest BCUT2D eigenvalue weighted by Gasteiger charge is -2.27. The van der Waals surface area contributed by atoms with Crippen molar-refractivity contribution in [1.82, 2.24) is 5.32 Å². The maximum absolute atomic E-state index is 3.33. The Morgan fingerprint density at radius 2 is 2.14 bits per heavy atom. The Morgan fingerprint density at radius 1 is 1.36 bits per heavy atom. The van der Waals surface area contributed by atoms with Crippen LogP contribution in [-0.2, 0) is 0 Å². The van der Waals surface area contributed by atoms with Gasteiger partial charge < -0.3 is 5.32 Å². The number of unbranched alkanes of at least 4 members (excludes halogenated alkanes) is 1. The molecule has 0 spiro atoms. The third-order valence-corrected chi connectivity index (χ3v) is 4.53. The Kier molecular flexibility index (Phi) is 6.70. The number of hydrogen-bond donors (Lipinski definition) is 1. The van der Waals surface area contributed by atoms with E-state index >= 15 is 0 Å². The van der Waals surface area contributed by atoms with Gasteiger partial charge in [-0.3, -0.25) is 0 Å². The Labute approximate surface area is 93.4 Å². The van der Waals surface area contributed by atoms with Crippen molar-refractivity contribution in [3.63, 3.8) is 0 Å². The van der Waals surface area contributed by atoms with Gasteiger partial charge in [-0.15, -0.1) is 0 Å². The Bertz CT molecular complexity index is 134. The van der Waals surface area contributed by atoms with Crippen LogP contribution >= 0.6 is 11.8 Å². The fraction of sp³-hybridized carbons (Fsp3) is 1.00. The van der Waals surface area contributed by atoms with Crippen LogP contribution in [0.4, 0.5) is 0 Å². The van der Waals surface area contributed by atoms with Gasteiger partial charge in [0.15, 0.2) is 0 Å². The molecule has 1 unspecified atom stereocenters. The second kappa shape index (κ2) is 7.58. The summed E-state index contributed by atoms with van der Waals surface area (Å²) in [6.07, 6.45) is 5.59. The van der Waals surface area contributed by atoms with Gasteiger partial charge in [0, 0.05) is 0 Å². The molecule has 1 aliphatic heterocycles. The second-order valence-corrected chi connectivity index (χ2v) is 5.55. The third-order valence-electron chi connectivity index (χ3n) is 3.12. The molecule has 0 bridgehead atoms. The summed E-state index contributed by atoms with van der Waals surface area (Å²) in [5.74, 6) is 4.74. The maximum atomic E-state index is 3.33. The molecule has 0 radical (unpaired) electrons. The van der Waals surface area contributed by atoms with Crippen LogP contribution in [-0.4, -0.2) is 24.6 Å². The summed E-state index contributed by atoms with van der Waals surface area (Å²) in [5, 5.41) is 3.33. The van der Waals surface area contributed by atoms with Gasteiger partial charge in [0.05, 0.1) is 0 Å². The summed E-state index contributed by atoms with van der Waals surface area (Å²) >= 11 is 2.18. The predicted molar refractivity (Wildman–Crippen MR) is 67.0 cm³/mol. The van der Waals surface area contributed by atoms with Crippen LogP contribution < -0.4 is 5.32 Å². The van der Waals surface area contributed by atoms with Crippen molar-refractivity contribution >= 4 is 11.8 Å². The average Bonchev–Trinajstić information content (AvgIpc) is 2.14. The molecule has 14 heavy (non-hydrogen) atoms. The van der Waals surface area contributed by atoms with E-state index in [0.29, 0.717) is 0 Å². The zero-order valence-corrected chi connectivity index (χ0v) is 10.5. The van der Waals surface area contributed by atoms with Gasteiger partial charge >= 0.3 is 0 Å². The van der Waals surface area contributed by atoms with Crippen molar-refractivity contribution in [2.24, 2.45) is 11.8 Å². The summed E-state index contributed by atoms with van der Waals surface area (Å²) in [7, 11) is 0. The molecule has 1 saturated heterocycles. The molecule has 1 fully saturated rings. The molecule has 1 rings (SSSR count). The Balaban J connectivity index is 1.95. The first-order valence-electron chi connectivity index (χ1n) is 6.15. The zero-order chi connectivity index (χ0) is 10.2. The molecule has 1 heterocycles. The minimum absolute atomic E-state index is 0.976. The lowest BCUT2D eigenvalue weighted by Crippen LogP contribution is -2.43. The van der Waals surface area contributed by atoms with Gasteiger partial charge in [0.25, 0.3) is 0 Å². The molecule has 1 N–H and O–H groups in total. The molecule has 0 aromatic heterocycles. The average molecular weight is 215 g/mol. The quantitative estimate of drug-likeness (QED) is 0.667. The van der Waals surface area contributed by atoms with Crippen LogP contribution in [0.1, 0.15) is 39.5 Å². The van der Waals surface area contributed by atoms with Crippen LogP contribution in [0.3, 0.4) is 0 Å². The van der Waals surface area contributed by atoms with E-state index in [0.717, 1.165) is 11.8 Å². The van der Waals surface area contributed by atoms with E-state index in [-0.39, 0.29) is 0 Å². The van der Waals surface area contributed by atoms with Crippen molar-refractivity contribution in [2.75, 3.05) is 24.6 Å². The van der Waals surface area contributed by atoms with Crippen molar-refractivity contribution in [2.45, 2.75) is 39.5 Å². The number of thioether (sulfide) groups is 1. The Morgan fingerprint density at radius 3 is 2.64 bits per heavy atom. The van der Waals surface area contributed by atoms with E-state index in [4.69, 9.17) is 0 Å². The molecular formula is C12H25NS. The molecule has 0 saturated carbocycles. The molecule has 1 atom stereocenters. The van der Waals surface area contributed by atoms with Gasteiger partial charge in [-0.1, -0.05) is 33.1 Å². The fourth-order valence-electron chi connectivity index (χ4n) is 1.77. The highest BCUT2D eigenvalue weighted by molar-refractivity contribution is 7.99. The van der Waals surface area contributed by atoms with Crippen LogP contribution in [0.15, 0.2) is 0 Å². The predicted octanol–water partition coefficient (Wildman–Crippen LogP) is 3.16. The summed E-state index contributed by atoms with van der Waals surface area (Å²) in [6, 6.07) is 0. The zero-order valence-electron chi connectivity index (χ0n) is 9.72.